The summed E-state index contributed by atoms with van der Waals surface area (Å²) in [5, 5.41) is 9.30. The normalized spacial score (nSPS) is 11.6. The van der Waals surface area contributed by atoms with Crippen molar-refractivity contribution < 1.29 is 0 Å². The van der Waals surface area contributed by atoms with Crippen molar-refractivity contribution in [2.24, 2.45) is 10.2 Å². The average molecular weight is 299 g/mol. The molecule has 0 saturated carbocycles. The van der Waals surface area contributed by atoms with Gasteiger partial charge in [0.2, 0.25) is 0 Å². The van der Waals surface area contributed by atoms with Crippen molar-refractivity contribution >= 4 is 28.8 Å². The van der Waals surface area contributed by atoms with Gasteiger partial charge in [0, 0.05) is 6.20 Å². The van der Waals surface area contributed by atoms with Crippen molar-refractivity contribution in [2.45, 2.75) is 20.8 Å². The first-order valence-electron chi connectivity index (χ1n) is 6.68. The molecule has 0 fully saturated rings. The van der Waals surface area contributed by atoms with Crippen LogP contribution in [0.5, 0.6) is 0 Å². The van der Waals surface area contributed by atoms with Gasteiger partial charge in [-0.15, -0.1) is 10.2 Å². The summed E-state index contributed by atoms with van der Waals surface area (Å²) in [6.07, 6.45) is 1.80. The predicted octanol–water partition coefficient (Wildman–Crippen LogP) is 5.33. The standard InChI is InChI=1S/C16H15ClN4/c1-10-4-6-14(8-11(10)2)19-20-16-12(3)18-15-7-5-13(17)9-21(15)16/h4-9H,1-3H3. The van der Waals surface area contributed by atoms with Gasteiger partial charge in [-0.3, -0.25) is 4.40 Å². The first-order chi connectivity index (χ1) is 10.0. The molecule has 21 heavy (non-hydrogen) atoms. The van der Waals surface area contributed by atoms with Crippen molar-refractivity contribution in [1.29, 1.82) is 0 Å². The molecule has 0 spiro atoms. The molecule has 0 aliphatic carbocycles. The van der Waals surface area contributed by atoms with Crippen LogP contribution in [0.15, 0.2) is 46.8 Å². The van der Waals surface area contributed by atoms with E-state index >= 15 is 0 Å². The van der Waals surface area contributed by atoms with E-state index in [4.69, 9.17) is 11.6 Å². The number of aryl methyl sites for hydroxylation is 3. The van der Waals surface area contributed by atoms with Crippen molar-refractivity contribution in [3.05, 3.63) is 58.4 Å². The van der Waals surface area contributed by atoms with Crippen LogP contribution >= 0.6 is 11.6 Å². The van der Waals surface area contributed by atoms with Gasteiger partial charge in [0.25, 0.3) is 0 Å². The minimum Gasteiger partial charge on any atom is -0.281 e. The first kappa shape index (κ1) is 13.8. The fourth-order valence-electron chi connectivity index (χ4n) is 2.14. The monoisotopic (exact) mass is 298 g/mol. The van der Waals surface area contributed by atoms with Crippen LogP contribution in [0.25, 0.3) is 5.65 Å². The molecular formula is C16H15ClN4. The lowest BCUT2D eigenvalue weighted by Crippen LogP contribution is -1.83. The van der Waals surface area contributed by atoms with Crippen molar-refractivity contribution in [2.75, 3.05) is 0 Å². The topological polar surface area (TPSA) is 42.0 Å². The molecule has 0 aliphatic rings. The molecule has 0 bridgehead atoms. The molecule has 0 radical (unpaired) electrons. The molecule has 0 atom stereocenters. The Labute approximate surface area is 128 Å². The summed E-state index contributed by atoms with van der Waals surface area (Å²) in [7, 11) is 0. The zero-order valence-corrected chi connectivity index (χ0v) is 12.9. The van der Waals surface area contributed by atoms with Gasteiger partial charge in [-0.1, -0.05) is 17.7 Å². The highest BCUT2D eigenvalue weighted by Crippen LogP contribution is 2.25. The van der Waals surface area contributed by atoms with Gasteiger partial charge in [0.15, 0.2) is 5.82 Å². The van der Waals surface area contributed by atoms with E-state index in [1.54, 1.807) is 6.20 Å². The van der Waals surface area contributed by atoms with Crippen LogP contribution in [0.1, 0.15) is 16.8 Å². The van der Waals surface area contributed by atoms with E-state index in [9.17, 15) is 0 Å². The second-order valence-corrected chi connectivity index (χ2v) is 5.50. The van der Waals surface area contributed by atoms with Gasteiger partial charge in [-0.05, 0) is 56.2 Å². The number of pyridine rings is 1. The van der Waals surface area contributed by atoms with Crippen LogP contribution in [0.3, 0.4) is 0 Å². The third kappa shape index (κ3) is 2.67. The summed E-state index contributed by atoms with van der Waals surface area (Å²) in [4.78, 5) is 4.45. The zero-order valence-electron chi connectivity index (χ0n) is 12.1. The lowest BCUT2D eigenvalue weighted by Gasteiger charge is -2.00. The Kier molecular flexibility index (Phi) is 3.47. The number of halogens is 1. The van der Waals surface area contributed by atoms with Crippen molar-refractivity contribution in [3.63, 3.8) is 0 Å². The summed E-state index contributed by atoms with van der Waals surface area (Å²) >= 11 is 6.03. The van der Waals surface area contributed by atoms with E-state index in [0.29, 0.717) is 10.8 Å². The molecular weight excluding hydrogens is 284 g/mol. The molecule has 2 heterocycles. The minimum absolute atomic E-state index is 0.641. The van der Waals surface area contributed by atoms with E-state index in [1.165, 1.54) is 11.1 Å². The molecule has 5 heteroatoms. The Morgan fingerprint density at radius 1 is 1.00 bits per heavy atom. The van der Waals surface area contributed by atoms with E-state index in [1.807, 2.05) is 41.7 Å². The van der Waals surface area contributed by atoms with E-state index in [-0.39, 0.29) is 0 Å². The summed E-state index contributed by atoms with van der Waals surface area (Å²) < 4.78 is 1.85. The number of nitrogens with zero attached hydrogens (tertiary/aromatic N) is 4. The molecule has 0 N–H and O–H groups in total. The highest BCUT2D eigenvalue weighted by Gasteiger charge is 2.08. The van der Waals surface area contributed by atoms with Gasteiger partial charge < -0.3 is 0 Å². The molecule has 3 aromatic rings. The lowest BCUT2D eigenvalue weighted by molar-refractivity contribution is 1.09. The number of fused-ring (bicyclic) bond motifs is 1. The lowest BCUT2D eigenvalue weighted by atomic mass is 10.1. The number of azo groups is 1. The fourth-order valence-corrected chi connectivity index (χ4v) is 2.30. The highest BCUT2D eigenvalue weighted by molar-refractivity contribution is 6.30. The number of hydrogen-bond acceptors (Lipinski definition) is 3. The Bertz CT molecular complexity index is 849. The third-order valence-electron chi connectivity index (χ3n) is 3.48. The molecule has 2 aromatic heterocycles. The smallest absolute Gasteiger partial charge is 0.182 e. The summed E-state index contributed by atoms with van der Waals surface area (Å²) in [5.41, 5.74) is 4.90. The first-order valence-corrected chi connectivity index (χ1v) is 7.05. The molecule has 4 nitrogen and oxygen atoms in total. The summed E-state index contributed by atoms with van der Waals surface area (Å²) in [5.74, 6) is 0.700. The van der Waals surface area contributed by atoms with Gasteiger partial charge in [-0.2, -0.15) is 0 Å². The van der Waals surface area contributed by atoms with Crippen LogP contribution in [-0.4, -0.2) is 9.38 Å². The van der Waals surface area contributed by atoms with E-state index in [0.717, 1.165) is 17.0 Å². The Hall–Kier alpha value is -2.20. The Balaban J connectivity index is 2.04. The molecule has 106 valence electrons. The molecule has 3 rings (SSSR count). The number of imidazole rings is 1. The fraction of sp³-hybridized carbons (Fsp3) is 0.188. The van der Waals surface area contributed by atoms with Gasteiger partial charge in [0.1, 0.15) is 5.65 Å². The largest absolute Gasteiger partial charge is 0.281 e. The second-order valence-electron chi connectivity index (χ2n) is 5.06. The number of benzene rings is 1. The van der Waals surface area contributed by atoms with Crippen LogP contribution in [0.2, 0.25) is 5.02 Å². The van der Waals surface area contributed by atoms with Gasteiger partial charge >= 0.3 is 0 Å². The molecule has 0 aliphatic heterocycles. The summed E-state index contributed by atoms with van der Waals surface area (Å²) in [6, 6.07) is 9.70. The van der Waals surface area contributed by atoms with Crippen molar-refractivity contribution in [3.8, 4) is 0 Å². The Morgan fingerprint density at radius 3 is 2.57 bits per heavy atom. The third-order valence-corrected chi connectivity index (χ3v) is 3.70. The average Bonchev–Trinajstić information content (AvgIpc) is 2.75. The van der Waals surface area contributed by atoms with E-state index < -0.39 is 0 Å². The maximum absolute atomic E-state index is 6.03. The maximum Gasteiger partial charge on any atom is 0.182 e. The highest BCUT2D eigenvalue weighted by atomic mass is 35.5. The van der Waals surface area contributed by atoms with E-state index in [2.05, 4.69) is 29.1 Å². The van der Waals surface area contributed by atoms with Crippen LogP contribution in [-0.2, 0) is 0 Å². The minimum atomic E-state index is 0.641. The maximum atomic E-state index is 6.03. The molecule has 0 unspecified atom stereocenters. The molecule has 1 aromatic carbocycles. The number of hydrogen-bond donors (Lipinski definition) is 0. The predicted molar refractivity (Wildman–Crippen MR) is 85.0 cm³/mol. The SMILES string of the molecule is Cc1ccc(N=Nc2c(C)nc3ccc(Cl)cn23)cc1C. The second kappa shape index (κ2) is 5.30. The number of aromatic nitrogens is 2. The van der Waals surface area contributed by atoms with Crippen molar-refractivity contribution in [1.82, 2.24) is 9.38 Å². The van der Waals surface area contributed by atoms with Gasteiger partial charge in [0.05, 0.1) is 16.4 Å². The van der Waals surface area contributed by atoms with Crippen LogP contribution in [0, 0.1) is 20.8 Å². The summed E-state index contributed by atoms with van der Waals surface area (Å²) in [6.45, 7) is 6.05. The Morgan fingerprint density at radius 2 is 1.81 bits per heavy atom. The van der Waals surface area contributed by atoms with Crippen LogP contribution in [0.4, 0.5) is 11.5 Å². The van der Waals surface area contributed by atoms with Crippen LogP contribution < -0.4 is 0 Å². The zero-order chi connectivity index (χ0) is 15.0. The van der Waals surface area contributed by atoms with Gasteiger partial charge in [-0.25, -0.2) is 4.98 Å². The molecule has 0 amide bonds. The number of rotatable bonds is 2. The quantitative estimate of drug-likeness (QED) is 0.590. The molecule has 0 saturated heterocycles.